The minimum atomic E-state index is -1.04. The molecule has 0 saturated heterocycles. The number of carbonyl (C=O) groups is 2. The second-order valence-electron chi connectivity index (χ2n) is 6.12. The van der Waals surface area contributed by atoms with Gasteiger partial charge < -0.3 is 10.1 Å². The Bertz CT molecular complexity index is 1060. The van der Waals surface area contributed by atoms with E-state index in [9.17, 15) is 13.8 Å². The molecule has 3 aromatic rings. The molecule has 2 N–H and O–H groups in total. The molecule has 2 aromatic carbocycles. The first-order valence-corrected chi connectivity index (χ1v) is 11.4. The number of aromatic nitrogens is 1. The molecule has 152 valence electrons. The molecule has 9 heteroatoms. The average molecular weight is 432 g/mol. The Hall–Kier alpha value is -2.78. The highest BCUT2D eigenvalue weighted by molar-refractivity contribution is 7.84. The number of ether oxygens (including phenoxy) is 1. The number of esters is 1. The second-order valence-corrected chi connectivity index (χ2v) is 8.53. The number of nitrogens with one attached hydrogen (secondary N) is 2. The van der Waals surface area contributed by atoms with Crippen LogP contribution in [0.15, 0.2) is 47.4 Å². The van der Waals surface area contributed by atoms with E-state index in [-0.39, 0.29) is 18.9 Å². The van der Waals surface area contributed by atoms with Gasteiger partial charge >= 0.3 is 12.0 Å². The summed E-state index contributed by atoms with van der Waals surface area (Å²) in [5.41, 5.74) is 2.73. The Morgan fingerprint density at radius 3 is 2.72 bits per heavy atom. The SMILES string of the molecule is CCOC(=O)CCNC(=O)Nc1nc2ccc(-c3cccc(S(C)=O)c3)cc2s1. The minimum absolute atomic E-state index is 0.117. The van der Waals surface area contributed by atoms with E-state index in [1.165, 1.54) is 11.3 Å². The summed E-state index contributed by atoms with van der Waals surface area (Å²) in [6.07, 6.45) is 1.77. The van der Waals surface area contributed by atoms with Crippen LogP contribution in [0.1, 0.15) is 13.3 Å². The van der Waals surface area contributed by atoms with E-state index >= 15 is 0 Å². The molecule has 0 spiro atoms. The van der Waals surface area contributed by atoms with Gasteiger partial charge in [-0.15, -0.1) is 0 Å². The van der Waals surface area contributed by atoms with Gasteiger partial charge in [0, 0.05) is 28.5 Å². The number of anilines is 1. The molecule has 0 fully saturated rings. The Kier molecular flexibility index (Phi) is 6.95. The number of hydrogen-bond donors (Lipinski definition) is 2. The lowest BCUT2D eigenvalue weighted by atomic mass is 10.1. The van der Waals surface area contributed by atoms with Crippen molar-refractivity contribution in [1.82, 2.24) is 10.3 Å². The van der Waals surface area contributed by atoms with Crippen molar-refractivity contribution >= 4 is 49.5 Å². The Morgan fingerprint density at radius 2 is 1.97 bits per heavy atom. The summed E-state index contributed by atoms with van der Waals surface area (Å²) in [6.45, 7) is 2.24. The molecule has 1 aromatic heterocycles. The van der Waals surface area contributed by atoms with E-state index in [1.807, 2.05) is 42.5 Å². The van der Waals surface area contributed by atoms with Crippen LogP contribution in [-0.4, -0.2) is 40.6 Å². The summed E-state index contributed by atoms with van der Waals surface area (Å²) in [7, 11) is -1.04. The molecule has 0 aliphatic carbocycles. The third-order valence-corrected chi connectivity index (χ3v) is 5.88. The van der Waals surface area contributed by atoms with Crippen molar-refractivity contribution in [3.8, 4) is 11.1 Å². The maximum Gasteiger partial charge on any atom is 0.321 e. The van der Waals surface area contributed by atoms with E-state index in [4.69, 9.17) is 4.74 Å². The fourth-order valence-corrected chi connectivity index (χ4v) is 4.13. The fraction of sp³-hybridized carbons (Fsp3) is 0.250. The predicted octanol–water partition coefficient (Wildman–Crippen LogP) is 3.78. The Labute approximate surface area is 174 Å². The molecule has 1 unspecified atom stereocenters. The van der Waals surface area contributed by atoms with Gasteiger partial charge in [0.25, 0.3) is 0 Å². The number of rotatable bonds is 7. The summed E-state index contributed by atoms with van der Waals surface area (Å²) in [4.78, 5) is 28.5. The molecule has 1 atom stereocenters. The van der Waals surface area contributed by atoms with Gasteiger partial charge in [0.2, 0.25) is 0 Å². The maximum absolute atomic E-state index is 12.0. The van der Waals surface area contributed by atoms with Crippen molar-refractivity contribution < 1.29 is 18.5 Å². The lowest BCUT2D eigenvalue weighted by Crippen LogP contribution is -2.30. The average Bonchev–Trinajstić information content (AvgIpc) is 3.09. The number of urea groups is 1. The van der Waals surface area contributed by atoms with E-state index in [0.717, 1.165) is 26.2 Å². The van der Waals surface area contributed by atoms with Gasteiger partial charge in [-0.3, -0.25) is 14.3 Å². The maximum atomic E-state index is 12.0. The molecule has 2 amide bonds. The van der Waals surface area contributed by atoms with Crippen molar-refractivity contribution in [1.29, 1.82) is 0 Å². The molecule has 0 bridgehead atoms. The van der Waals surface area contributed by atoms with Crippen LogP contribution in [0.2, 0.25) is 0 Å². The zero-order chi connectivity index (χ0) is 20.8. The normalized spacial score (nSPS) is 11.8. The van der Waals surface area contributed by atoms with Crippen LogP contribution in [-0.2, 0) is 20.3 Å². The molecular formula is C20H21N3O4S2. The first-order chi connectivity index (χ1) is 14.0. The number of thiazole rings is 1. The van der Waals surface area contributed by atoms with Crippen LogP contribution in [0.25, 0.3) is 21.3 Å². The molecule has 29 heavy (non-hydrogen) atoms. The smallest absolute Gasteiger partial charge is 0.321 e. The predicted molar refractivity (Wildman–Crippen MR) is 116 cm³/mol. The lowest BCUT2D eigenvalue weighted by molar-refractivity contribution is -0.142. The number of amides is 2. The van der Waals surface area contributed by atoms with Gasteiger partial charge in [-0.05, 0) is 42.3 Å². The number of carbonyl (C=O) groups excluding carboxylic acids is 2. The Morgan fingerprint density at radius 1 is 1.17 bits per heavy atom. The number of hydrogen-bond acceptors (Lipinski definition) is 6. The van der Waals surface area contributed by atoms with Gasteiger partial charge in [0.1, 0.15) is 0 Å². The third kappa shape index (κ3) is 5.61. The molecular weight excluding hydrogens is 410 g/mol. The van der Waals surface area contributed by atoms with Crippen molar-refractivity contribution in [2.75, 3.05) is 24.7 Å². The van der Waals surface area contributed by atoms with Crippen molar-refractivity contribution in [3.05, 3.63) is 42.5 Å². The summed E-state index contributed by atoms with van der Waals surface area (Å²) in [6, 6.07) is 13.0. The van der Waals surface area contributed by atoms with E-state index in [1.54, 1.807) is 13.2 Å². The van der Waals surface area contributed by atoms with Gasteiger partial charge in [-0.1, -0.05) is 29.5 Å². The summed E-state index contributed by atoms with van der Waals surface area (Å²) < 4.78 is 17.5. The number of benzene rings is 2. The highest BCUT2D eigenvalue weighted by Crippen LogP contribution is 2.31. The Balaban J connectivity index is 1.68. The molecule has 0 saturated carbocycles. The number of nitrogens with zero attached hydrogens (tertiary/aromatic N) is 1. The largest absolute Gasteiger partial charge is 0.466 e. The topological polar surface area (TPSA) is 97.4 Å². The lowest BCUT2D eigenvalue weighted by Gasteiger charge is -2.04. The molecule has 1 heterocycles. The highest BCUT2D eigenvalue weighted by atomic mass is 32.2. The van der Waals surface area contributed by atoms with Crippen molar-refractivity contribution in [2.45, 2.75) is 18.2 Å². The summed E-state index contributed by atoms with van der Waals surface area (Å²) in [5, 5.41) is 5.76. The molecule has 0 aliphatic heterocycles. The minimum Gasteiger partial charge on any atom is -0.466 e. The van der Waals surface area contributed by atoms with E-state index in [0.29, 0.717) is 11.7 Å². The molecule has 3 rings (SSSR count). The third-order valence-electron chi connectivity index (χ3n) is 4.03. The van der Waals surface area contributed by atoms with E-state index < -0.39 is 16.8 Å². The monoisotopic (exact) mass is 431 g/mol. The van der Waals surface area contributed by atoms with Gasteiger partial charge in [-0.25, -0.2) is 9.78 Å². The van der Waals surface area contributed by atoms with Crippen molar-refractivity contribution in [2.24, 2.45) is 0 Å². The van der Waals surface area contributed by atoms with Crippen LogP contribution >= 0.6 is 11.3 Å². The van der Waals surface area contributed by atoms with Gasteiger partial charge in [0.05, 0.1) is 23.2 Å². The first-order valence-electron chi connectivity index (χ1n) is 9.01. The highest BCUT2D eigenvalue weighted by Gasteiger charge is 2.10. The van der Waals surface area contributed by atoms with Gasteiger partial charge in [0.15, 0.2) is 5.13 Å². The zero-order valence-corrected chi connectivity index (χ0v) is 17.7. The quantitative estimate of drug-likeness (QED) is 0.555. The van der Waals surface area contributed by atoms with Gasteiger partial charge in [-0.2, -0.15) is 0 Å². The molecule has 7 nitrogen and oxygen atoms in total. The van der Waals surface area contributed by atoms with Crippen molar-refractivity contribution in [3.63, 3.8) is 0 Å². The van der Waals surface area contributed by atoms with E-state index in [2.05, 4.69) is 15.6 Å². The van der Waals surface area contributed by atoms with Crippen LogP contribution in [0, 0.1) is 0 Å². The second kappa shape index (κ2) is 9.62. The van der Waals surface area contributed by atoms with Crippen LogP contribution in [0.4, 0.5) is 9.93 Å². The van der Waals surface area contributed by atoms with Crippen LogP contribution in [0.3, 0.4) is 0 Å². The first kappa shape index (κ1) is 20.9. The number of fused-ring (bicyclic) bond motifs is 1. The summed E-state index contributed by atoms with van der Waals surface area (Å²) in [5.74, 6) is -0.351. The standard InChI is InChI=1S/C20H21N3O4S2/c1-3-27-18(24)9-10-21-19(25)23-20-22-16-8-7-14(12-17(16)28-20)13-5-4-6-15(11-13)29(2)26/h4-8,11-12H,3,9-10H2,1-2H3,(H2,21,22,23,25). The molecule has 0 aliphatic rings. The summed E-state index contributed by atoms with van der Waals surface area (Å²) >= 11 is 1.36. The fourth-order valence-electron chi connectivity index (χ4n) is 2.66. The molecule has 0 radical (unpaired) electrons. The van der Waals surface area contributed by atoms with Crippen LogP contribution in [0.5, 0.6) is 0 Å². The van der Waals surface area contributed by atoms with Crippen LogP contribution < -0.4 is 10.6 Å². The zero-order valence-electron chi connectivity index (χ0n) is 16.1.